The molecule has 0 bridgehead atoms. The Morgan fingerprint density at radius 2 is 0.523 bits per heavy atom. The SMILES string of the molecule is CCCCCCc1cc(Cc2cc(CCCCCC)c(CCCCCC)c(NC(CCC)CCC)c2CCCCCC)c(CCCCCC)c(NC(CCC)CCC)c1CCCCCC. The van der Waals surface area contributed by atoms with Gasteiger partial charge in [-0.2, -0.15) is 0 Å². The van der Waals surface area contributed by atoms with E-state index in [2.05, 4.69) is 92.0 Å². The van der Waals surface area contributed by atoms with Gasteiger partial charge >= 0.3 is 0 Å². The molecule has 2 N–H and O–H groups in total. The van der Waals surface area contributed by atoms with E-state index in [1.54, 1.807) is 55.9 Å². The first-order chi connectivity index (χ1) is 31.9. The van der Waals surface area contributed by atoms with Gasteiger partial charge in [-0.15, -0.1) is 0 Å². The minimum absolute atomic E-state index is 0.553. The molecule has 0 fully saturated rings. The Morgan fingerprint density at radius 3 is 0.769 bits per heavy atom. The third-order valence-corrected chi connectivity index (χ3v) is 14.8. The summed E-state index contributed by atoms with van der Waals surface area (Å²) in [6.07, 6.45) is 50.4. The van der Waals surface area contributed by atoms with E-state index in [9.17, 15) is 0 Å². The van der Waals surface area contributed by atoms with E-state index in [4.69, 9.17) is 0 Å². The molecule has 0 saturated carbocycles. The Kier molecular flexibility index (Phi) is 35.4. The highest BCUT2D eigenvalue weighted by atomic mass is 14.9. The van der Waals surface area contributed by atoms with Crippen molar-refractivity contribution in [3.05, 3.63) is 56.6 Å². The van der Waals surface area contributed by atoms with Gasteiger partial charge in [-0.25, -0.2) is 0 Å². The Labute approximate surface area is 408 Å². The van der Waals surface area contributed by atoms with Gasteiger partial charge < -0.3 is 10.6 Å². The molecule has 376 valence electrons. The number of aryl methyl sites for hydroxylation is 2. The van der Waals surface area contributed by atoms with Crippen LogP contribution in [0.2, 0.25) is 0 Å². The van der Waals surface area contributed by atoms with Gasteiger partial charge in [0.1, 0.15) is 0 Å². The molecule has 65 heavy (non-hydrogen) atoms. The van der Waals surface area contributed by atoms with Crippen LogP contribution in [-0.4, -0.2) is 12.1 Å². The summed E-state index contributed by atoms with van der Waals surface area (Å²) in [7, 11) is 0. The number of rotatable bonds is 44. The lowest BCUT2D eigenvalue weighted by Gasteiger charge is -2.30. The van der Waals surface area contributed by atoms with Crippen LogP contribution in [0.3, 0.4) is 0 Å². The van der Waals surface area contributed by atoms with Crippen molar-refractivity contribution >= 4 is 11.4 Å². The van der Waals surface area contributed by atoms with Crippen molar-refractivity contribution in [3.63, 3.8) is 0 Å². The zero-order chi connectivity index (χ0) is 47.3. The van der Waals surface area contributed by atoms with Crippen LogP contribution >= 0.6 is 0 Å². The van der Waals surface area contributed by atoms with Crippen molar-refractivity contribution in [2.24, 2.45) is 0 Å². The summed E-state index contributed by atoms with van der Waals surface area (Å²) < 4.78 is 0. The predicted octanol–water partition coefficient (Wildman–Crippen LogP) is 20.8. The molecule has 2 heteroatoms. The van der Waals surface area contributed by atoms with Crippen LogP contribution in [-0.2, 0) is 44.9 Å². The maximum Gasteiger partial charge on any atom is 0.0413 e. The molecule has 0 radical (unpaired) electrons. The first kappa shape index (κ1) is 59.2. The maximum atomic E-state index is 4.48. The first-order valence-electron chi connectivity index (χ1n) is 29.8. The molecule has 0 aliphatic heterocycles. The Hall–Kier alpha value is -1.96. The second-order valence-electron chi connectivity index (χ2n) is 20.9. The highest BCUT2D eigenvalue weighted by molar-refractivity contribution is 5.68. The van der Waals surface area contributed by atoms with Crippen LogP contribution in [0.1, 0.15) is 319 Å². The monoisotopic (exact) mass is 899 g/mol. The summed E-state index contributed by atoms with van der Waals surface area (Å²) in [4.78, 5) is 0. The maximum absolute atomic E-state index is 4.48. The summed E-state index contributed by atoms with van der Waals surface area (Å²) in [5.74, 6) is 0. The average Bonchev–Trinajstić information content (AvgIpc) is 3.30. The van der Waals surface area contributed by atoms with Crippen molar-refractivity contribution in [2.45, 2.75) is 332 Å². The van der Waals surface area contributed by atoms with Crippen LogP contribution in [0.15, 0.2) is 12.1 Å². The molecule has 0 aliphatic rings. The predicted molar refractivity (Wildman–Crippen MR) is 297 cm³/mol. The van der Waals surface area contributed by atoms with Gasteiger partial charge in [0.2, 0.25) is 0 Å². The number of benzene rings is 2. The molecule has 0 aromatic heterocycles. The third-order valence-electron chi connectivity index (χ3n) is 14.8. The average molecular weight is 900 g/mol. The number of unbranched alkanes of at least 4 members (excludes halogenated alkanes) is 18. The Bertz CT molecular complexity index is 1320. The van der Waals surface area contributed by atoms with E-state index in [1.807, 2.05) is 0 Å². The molecule has 2 aromatic carbocycles. The van der Waals surface area contributed by atoms with Crippen LogP contribution < -0.4 is 10.6 Å². The molecule has 2 rings (SSSR count). The molecule has 0 amide bonds. The van der Waals surface area contributed by atoms with Gasteiger partial charge in [-0.05, 0) is 154 Å². The Balaban J connectivity index is 3.17. The van der Waals surface area contributed by atoms with Crippen LogP contribution in [0.5, 0.6) is 0 Å². The molecule has 2 aromatic rings. The fourth-order valence-corrected chi connectivity index (χ4v) is 11.0. The molecule has 0 atom stereocenters. The van der Waals surface area contributed by atoms with E-state index >= 15 is 0 Å². The molecule has 0 spiro atoms. The van der Waals surface area contributed by atoms with E-state index in [1.165, 1.54) is 244 Å². The van der Waals surface area contributed by atoms with Gasteiger partial charge in [0.15, 0.2) is 0 Å². The van der Waals surface area contributed by atoms with Crippen molar-refractivity contribution in [2.75, 3.05) is 10.6 Å². The number of hydrogen-bond acceptors (Lipinski definition) is 2. The van der Waals surface area contributed by atoms with E-state index in [0.29, 0.717) is 12.1 Å². The molecule has 2 nitrogen and oxygen atoms in total. The van der Waals surface area contributed by atoms with Crippen LogP contribution in [0.25, 0.3) is 0 Å². The zero-order valence-corrected chi connectivity index (χ0v) is 45.9. The molecule has 0 aliphatic carbocycles. The zero-order valence-electron chi connectivity index (χ0n) is 45.9. The Morgan fingerprint density at radius 1 is 0.277 bits per heavy atom. The molecule has 0 unspecified atom stereocenters. The molecular weight excluding hydrogens is 785 g/mol. The number of hydrogen-bond donors (Lipinski definition) is 2. The quantitative estimate of drug-likeness (QED) is 0.0648. The van der Waals surface area contributed by atoms with Crippen LogP contribution in [0.4, 0.5) is 11.4 Å². The lowest BCUT2D eigenvalue weighted by atomic mass is 9.82. The topological polar surface area (TPSA) is 24.1 Å². The van der Waals surface area contributed by atoms with E-state index < -0.39 is 0 Å². The molecule has 0 heterocycles. The lowest BCUT2D eigenvalue weighted by Crippen LogP contribution is -2.23. The minimum atomic E-state index is 0.553. The summed E-state index contributed by atoms with van der Waals surface area (Å²) in [6, 6.07) is 6.77. The summed E-state index contributed by atoms with van der Waals surface area (Å²) in [6.45, 7) is 23.9. The highest BCUT2D eigenvalue weighted by Gasteiger charge is 2.25. The second-order valence-corrected chi connectivity index (χ2v) is 20.9. The largest absolute Gasteiger partial charge is 0.382 e. The van der Waals surface area contributed by atoms with Gasteiger partial charge in [0.05, 0.1) is 0 Å². The third kappa shape index (κ3) is 23.3. The second kappa shape index (κ2) is 38.9. The van der Waals surface area contributed by atoms with Gasteiger partial charge in [0, 0.05) is 23.5 Å². The highest BCUT2D eigenvalue weighted by Crippen LogP contribution is 2.39. The van der Waals surface area contributed by atoms with E-state index in [-0.39, 0.29) is 0 Å². The molecular formula is C63H114N2. The van der Waals surface area contributed by atoms with Crippen molar-refractivity contribution < 1.29 is 0 Å². The van der Waals surface area contributed by atoms with Gasteiger partial charge in [-0.1, -0.05) is 223 Å². The minimum Gasteiger partial charge on any atom is -0.382 e. The van der Waals surface area contributed by atoms with Crippen molar-refractivity contribution in [1.82, 2.24) is 0 Å². The lowest BCUT2D eigenvalue weighted by molar-refractivity contribution is 0.582. The normalized spacial score (nSPS) is 11.8. The fourth-order valence-electron chi connectivity index (χ4n) is 11.0. The number of anilines is 2. The summed E-state index contributed by atoms with van der Waals surface area (Å²) in [5, 5.41) is 8.96. The molecule has 0 saturated heterocycles. The van der Waals surface area contributed by atoms with Gasteiger partial charge in [0.25, 0.3) is 0 Å². The smallest absolute Gasteiger partial charge is 0.0413 e. The van der Waals surface area contributed by atoms with Gasteiger partial charge in [-0.3, -0.25) is 0 Å². The van der Waals surface area contributed by atoms with Crippen molar-refractivity contribution in [3.8, 4) is 0 Å². The summed E-state index contributed by atoms with van der Waals surface area (Å²) in [5.41, 5.74) is 16.8. The van der Waals surface area contributed by atoms with Crippen LogP contribution in [0, 0.1) is 0 Å². The van der Waals surface area contributed by atoms with E-state index in [0.717, 1.165) is 6.42 Å². The first-order valence-corrected chi connectivity index (χ1v) is 29.8. The fraction of sp³-hybridized carbons (Fsp3) is 0.810. The summed E-state index contributed by atoms with van der Waals surface area (Å²) >= 11 is 0. The van der Waals surface area contributed by atoms with Crippen molar-refractivity contribution in [1.29, 1.82) is 0 Å². The standard InChI is InChI=1S/C63H114N2/c1-11-21-27-33-43-52-49-54(60(47-37-31-25-15-5)62(58(52)45-35-29-23-13-3)64-56(39-17-7)40-18-8)51-55-50-53(44-34-28-22-12-2)59(46-36-30-24-14-4)63(61(55)48-38-32-26-16-6)65-57(41-19-9)42-20-10/h49-50,56-57,64-65H,11-48,51H2,1-10H3. The number of nitrogens with one attached hydrogen (secondary N) is 2.